The summed E-state index contributed by atoms with van der Waals surface area (Å²) < 4.78 is 63.7. The van der Waals surface area contributed by atoms with Crippen LogP contribution in [-0.2, 0) is 4.79 Å². The molecule has 0 aromatic carbocycles. The van der Waals surface area contributed by atoms with Crippen LogP contribution < -0.4 is 0 Å². The molecule has 0 aromatic heterocycles. The van der Waals surface area contributed by atoms with Crippen molar-refractivity contribution in [2.45, 2.75) is 76.8 Å². The molecule has 1 N–H and O–H groups in total. The van der Waals surface area contributed by atoms with Gasteiger partial charge in [0, 0.05) is 6.42 Å². The van der Waals surface area contributed by atoms with Crippen molar-refractivity contribution in [1.29, 1.82) is 0 Å². The summed E-state index contributed by atoms with van der Waals surface area (Å²) in [6.07, 6.45) is -9.43. The van der Waals surface area contributed by atoms with Crippen LogP contribution in [0.25, 0.3) is 0 Å². The van der Waals surface area contributed by atoms with Gasteiger partial charge in [-0.2, -0.15) is 0 Å². The molecule has 0 aliphatic heterocycles. The number of hydrogen-bond acceptors (Lipinski definition) is 1. The zero-order valence-corrected chi connectivity index (χ0v) is 12.1. The molecule has 0 aliphatic carbocycles. The van der Waals surface area contributed by atoms with Crippen molar-refractivity contribution in [3.05, 3.63) is 0 Å². The SMILES string of the molecule is CCCCC(CCCC(=O)O)CC(F)C(F)C(F)C(F)F. The molecule has 126 valence electrons. The molecule has 0 aromatic rings. The van der Waals surface area contributed by atoms with Gasteiger partial charge in [0.15, 0.2) is 12.3 Å². The Bertz CT molecular complexity index is 289. The molecule has 0 bridgehead atoms. The van der Waals surface area contributed by atoms with E-state index in [-0.39, 0.29) is 18.8 Å². The van der Waals surface area contributed by atoms with Crippen LogP contribution in [0.1, 0.15) is 51.9 Å². The second kappa shape index (κ2) is 10.8. The maximum Gasteiger partial charge on any atom is 0.303 e. The summed E-state index contributed by atoms with van der Waals surface area (Å²) in [7, 11) is 0. The topological polar surface area (TPSA) is 37.3 Å². The summed E-state index contributed by atoms with van der Waals surface area (Å²) >= 11 is 0. The smallest absolute Gasteiger partial charge is 0.303 e. The molecule has 0 heterocycles. The third-order valence-electron chi connectivity index (χ3n) is 3.42. The second-order valence-electron chi connectivity index (χ2n) is 5.27. The molecular formula is C14H23F5O2. The molecule has 0 radical (unpaired) electrons. The van der Waals surface area contributed by atoms with Crippen LogP contribution in [-0.4, -0.2) is 36.0 Å². The summed E-state index contributed by atoms with van der Waals surface area (Å²) in [5, 5.41) is 8.54. The van der Waals surface area contributed by atoms with E-state index >= 15 is 0 Å². The van der Waals surface area contributed by atoms with E-state index in [0.717, 1.165) is 12.8 Å². The van der Waals surface area contributed by atoms with E-state index in [4.69, 9.17) is 5.11 Å². The first kappa shape index (κ1) is 20.1. The van der Waals surface area contributed by atoms with Crippen LogP contribution in [0.15, 0.2) is 0 Å². The molecule has 2 nitrogen and oxygen atoms in total. The van der Waals surface area contributed by atoms with Crippen molar-refractivity contribution in [2.75, 3.05) is 0 Å². The average Bonchev–Trinajstić information content (AvgIpc) is 2.42. The standard InChI is InChI=1S/C14H23F5O2/c1-2-3-5-9(6-4-7-11(20)21)8-10(15)12(16)13(17)14(18)19/h9-10,12-14H,2-8H2,1H3,(H,20,21). The lowest BCUT2D eigenvalue weighted by molar-refractivity contribution is -0.137. The highest BCUT2D eigenvalue weighted by atomic mass is 19.3. The van der Waals surface area contributed by atoms with Gasteiger partial charge in [-0.15, -0.1) is 0 Å². The van der Waals surface area contributed by atoms with Crippen molar-refractivity contribution in [1.82, 2.24) is 0 Å². The van der Waals surface area contributed by atoms with E-state index in [1.807, 2.05) is 6.92 Å². The van der Waals surface area contributed by atoms with Crippen LogP contribution in [0, 0.1) is 5.92 Å². The van der Waals surface area contributed by atoms with E-state index in [2.05, 4.69) is 0 Å². The quantitative estimate of drug-likeness (QED) is 0.529. The Kier molecular flexibility index (Phi) is 10.3. The molecule has 7 heteroatoms. The molecule has 0 rings (SSSR count). The highest BCUT2D eigenvalue weighted by Crippen LogP contribution is 2.28. The predicted octanol–water partition coefficient (Wildman–Crippen LogP) is 4.72. The highest BCUT2D eigenvalue weighted by Gasteiger charge is 2.37. The lowest BCUT2D eigenvalue weighted by Gasteiger charge is -2.22. The van der Waals surface area contributed by atoms with Crippen molar-refractivity contribution >= 4 is 5.97 Å². The van der Waals surface area contributed by atoms with Crippen molar-refractivity contribution in [2.24, 2.45) is 5.92 Å². The largest absolute Gasteiger partial charge is 0.481 e. The van der Waals surface area contributed by atoms with Crippen LogP contribution >= 0.6 is 0 Å². The van der Waals surface area contributed by atoms with Crippen molar-refractivity contribution in [3.8, 4) is 0 Å². The zero-order chi connectivity index (χ0) is 16.4. The number of hydrogen-bond donors (Lipinski definition) is 1. The maximum absolute atomic E-state index is 13.6. The van der Waals surface area contributed by atoms with Crippen LogP contribution in [0.4, 0.5) is 22.0 Å². The van der Waals surface area contributed by atoms with E-state index in [9.17, 15) is 26.7 Å². The number of carbonyl (C=O) groups is 1. The molecule has 0 saturated carbocycles. The first-order valence-electron chi connectivity index (χ1n) is 7.21. The number of carboxylic acid groups (broad SMARTS) is 1. The minimum atomic E-state index is -3.54. The predicted molar refractivity (Wildman–Crippen MR) is 69.8 cm³/mol. The lowest BCUT2D eigenvalue weighted by atomic mass is 9.89. The maximum atomic E-state index is 13.6. The molecular weight excluding hydrogens is 295 g/mol. The van der Waals surface area contributed by atoms with Gasteiger partial charge in [0.1, 0.15) is 6.17 Å². The average molecular weight is 318 g/mol. The van der Waals surface area contributed by atoms with E-state index in [0.29, 0.717) is 19.3 Å². The first-order chi connectivity index (χ1) is 9.79. The highest BCUT2D eigenvalue weighted by molar-refractivity contribution is 5.66. The van der Waals surface area contributed by atoms with Gasteiger partial charge < -0.3 is 5.11 Å². The Morgan fingerprint density at radius 1 is 1.00 bits per heavy atom. The van der Waals surface area contributed by atoms with Gasteiger partial charge in [0.2, 0.25) is 0 Å². The molecule has 0 spiro atoms. The summed E-state index contributed by atoms with van der Waals surface area (Å²) in [5.41, 5.74) is 0. The number of alkyl halides is 5. The van der Waals surface area contributed by atoms with Crippen LogP contribution in [0.3, 0.4) is 0 Å². The van der Waals surface area contributed by atoms with Crippen LogP contribution in [0.2, 0.25) is 0 Å². The monoisotopic (exact) mass is 318 g/mol. The number of carboxylic acids is 1. The van der Waals surface area contributed by atoms with E-state index < -0.39 is 30.9 Å². The van der Waals surface area contributed by atoms with Crippen molar-refractivity contribution < 1.29 is 31.9 Å². The Morgan fingerprint density at radius 3 is 2.05 bits per heavy atom. The molecule has 4 atom stereocenters. The minimum Gasteiger partial charge on any atom is -0.481 e. The fourth-order valence-corrected chi connectivity index (χ4v) is 2.20. The second-order valence-corrected chi connectivity index (χ2v) is 5.27. The summed E-state index contributed by atoms with van der Waals surface area (Å²) in [5.74, 6) is -1.30. The normalized spacial score (nSPS) is 17.5. The van der Waals surface area contributed by atoms with Gasteiger partial charge in [-0.05, 0) is 25.2 Å². The number of halogens is 5. The fraction of sp³-hybridized carbons (Fsp3) is 0.929. The van der Waals surface area contributed by atoms with E-state index in [1.54, 1.807) is 0 Å². The van der Waals surface area contributed by atoms with Gasteiger partial charge in [-0.1, -0.05) is 26.2 Å². The molecule has 21 heavy (non-hydrogen) atoms. The van der Waals surface area contributed by atoms with Gasteiger partial charge in [-0.25, -0.2) is 22.0 Å². The zero-order valence-electron chi connectivity index (χ0n) is 12.1. The fourth-order valence-electron chi connectivity index (χ4n) is 2.20. The Labute approximate surface area is 121 Å². The third-order valence-corrected chi connectivity index (χ3v) is 3.42. The lowest BCUT2D eigenvalue weighted by Crippen LogP contribution is -2.34. The van der Waals surface area contributed by atoms with Gasteiger partial charge in [0.25, 0.3) is 6.43 Å². The first-order valence-corrected chi connectivity index (χ1v) is 7.21. The Morgan fingerprint density at radius 2 is 1.57 bits per heavy atom. The van der Waals surface area contributed by atoms with Crippen molar-refractivity contribution in [3.63, 3.8) is 0 Å². The van der Waals surface area contributed by atoms with Gasteiger partial charge in [-0.3, -0.25) is 4.79 Å². The Hall–Kier alpha value is -0.880. The number of aliphatic carboxylic acids is 1. The molecule has 0 amide bonds. The number of unbranched alkanes of at least 4 members (excludes halogenated alkanes) is 1. The van der Waals surface area contributed by atoms with Crippen LogP contribution in [0.5, 0.6) is 0 Å². The van der Waals surface area contributed by atoms with Gasteiger partial charge in [0.05, 0.1) is 0 Å². The third kappa shape index (κ3) is 8.88. The molecule has 0 aliphatic rings. The number of rotatable bonds is 12. The summed E-state index contributed by atoms with van der Waals surface area (Å²) in [6, 6.07) is 0. The minimum absolute atomic E-state index is 0.0819. The Balaban J connectivity index is 4.38. The summed E-state index contributed by atoms with van der Waals surface area (Å²) in [4.78, 5) is 10.4. The molecule has 4 unspecified atom stereocenters. The summed E-state index contributed by atoms with van der Waals surface area (Å²) in [6.45, 7) is 1.91. The van der Waals surface area contributed by atoms with Gasteiger partial charge >= 0.3 is 5.97 Å². The van der Waals surface area contributed by atoms with E-state index in [1.165, 1.54) is 0 Å². The molecule has 0 fully saturated rings. The molecule has 0 saturated heterocycles.